The van der Waals surface area contributed by atoms with E-state index in [0.29, 0.717) is 0 Å². The number of piperazine rings is 1. The predicted molar refractivity (Wildman–Crippen MR) is 82.5 cm³/mol. The van der Waals surface area contributed by atoms with Crippen molar-refractivity contribution in [2.24, 2.45) is 0 Å². The number of carbonyl (C=O) groups excluding carboxylic acids is 1. The van der Waals surface area contributed by atoms with Gasteiger partial charge in [-0.15, -0.1) is 16.4 Å². The lowest BCUT2D eigenvalue weighted by Crippen LogP contribution is -2.47. The van der Waals surface area contributed by atoms with E-state index in [1.165, 1.54) is 10.4 Å². The zero-order chi connectivity index (χ0) is 15.1. The molecule has 1 aliphatic heterocycles. The van der Waals surface area contributed by atoms with E-state index in [1.54, 1.807) is 22.3 Å². The molecular formula is C14H18N6OS. The quantitative estimate of drug-likeness (QED) is 0.811. The van der Waals surface area contributed by atoms with E-state index in [1.807, 2.05) is 4.90 Å². The van der Waals surface area contributed by atoms with Crippen molar-refractivity contribution in [3.8, 4) is 5.00 Å². The molecule has 0 unspecified atom stereocenters. The molecule has 0 spiro atoms. The normalized spacial score (nSPS) is 18.7. The molecule has 116 valence electrons. The van der Waals surface area contributed by atoms with Gasteiger partial charge >= 0.3 is 0 Å². The zero-order valence-corrected chi connectivity index (χ0v) is 13.3. The lowest BCUT2D eigenvalue weighted by Gasteiger charge is -2.32. The van der Waals surface area contributed by atoms with Crippen LogP contribution in [0.5, 0.6) is 0 Å². The first kappa shape index (κ1) is 13.8. The van der Waals surface area contributed by atoms with Crippen LogP contribution in [0.4, 0.5) is 0 Å². The first-order chi connectivity index (χ1) is 10.7. The molecule has 1 aliphatic carbocycles. The van der Waals surface area contributed by atoms with Gasteiger partial charge < -0.3 is 9.80 Å². The molecule has 8 heteroatoms. The van der Waals surface area contributed by atoms with Gasteiger partial charge in [-0.05, 0) is 42.3 Å². The maximum Gasteiger partial charge on any atom is 0.257 e. The molecule has 0 aromatic carbocycles. The second kappa shape index (κ2) is 5.44. The molecule has 1 saturated heterocycles. The Hall–Kier alpha value is -1.80. The molecule has 4 rings (SSSR count). The number of nitrogens with zero attached hydrogens (tertiary/aromatic N) is 6. The van der Waals surface area contributed by atoms with Crippen LogP contribution in [0.15, 0.2) is 6.33 Å². The number of thiophene rings is 1. The van der Waals surface area contributed by atoms with Crippen LogP contribution < -0.4 is 0 Å². The number of hydrogen-bond donors (Lipinski definition) is 0. The predicted octanol–water partition coefficient (Wildman–Crippen LogP) is 0.600. The van der Waals surface area contributed by atoms with E-state index in [9.17, 15) is 4.79 Å². The van der Waals surface area contributed by atoms with E-state index in [2.05, 4.69) is 27.5 Å². The smallest absolute Gasteiger partial charge is 0.257 e. The van der Waals surface area contributed by atoms with Crippen LogP contribution in [0, 0.1) is 0 Å². The molecule has 0 N–H and O–H groups in total. The summed E-state index contributed by atoms with van der Waals surface area (Å²) in [5, 5.41) is 12.3. The number of amides is 1. The van der Waals surface area contributed by atoms with E-state index in [4.69, 9.17) is 0 Å². The third-order valence-electron chi connectivity index (χ3n) is 4.46. The molecular weight excluding hydrogens is 300 g/mol. The molecule has 2 aliphatic rings. The number of hydrogen-bond acceptors (Lipinski definition) is 6. The number of carbonyl (C=O) groups is 1. The van der Waals surface area contributed by atoms with Gasteiger partial charge in [-0.25, -0.2) is 0 Å². The van der Waals surface area contributed by atoms with Crippen LogP contribution in [0.25, 0.3) is 5.00 Å². The molecule has 2 aromatic rings. The lowest BCUT2D eigenvalue weighted by atomic mass is 10.1. The Bertz CT molecular complexity index is 687. The highest BCUT2D eigenvalue weighted by Gasteiger charge is 2.31. The number of aromatic nitrogens is 4. The summed E-state index contributed by atoms with van der Waals surface area (Å²) in [6.07, 6.45) is 4.76. The van der Waals surface area contributed by atoms with Crippen LogP contribution in [0.1, 0.15) is 27.2 Å². The monoisotopic (exact) mass is 318 g/mol. The maximum atomic E-state index is 13.1. The highest BCUT2D eigenvalue weighted by atomic mass is 32.1. The number of fused-ring (bicyclic) bond motifs is 1. The highest BCUT2D eigenvalue weighted by molar-refractivity contribution is 7.15. The van der Waals surface area contributed by atoms with E-state index >= 15 is 0 Å². The molecule has 0 saturated carbocycles. The van der Waals surface area contributed by atoms with E-state index in [0.717, 1.165) is 56.0 Å². The molecule has 0 radical (unpaired) electrons. The standard InChI is InChI=1S/C14H18N6OS/c1-18-5-7-19(8-6-18)13(21)12-10-3-2-4-11(10)22-14(12)20-9-15-16-17-20/h9H,2-8H2,1H3. The maximum absolute atomic E-state index is 13.1. The van der Waals surface area contributed by atoms with Gasteiger partial charge in [0, 0.05) is 31.1 Å². The number of rotatable bonds is 2. The van der Waals surface area contributed by atoms with Crippen molar-refractivity contribution in [1.82, 2.24) is 30.0 Å². The highest BCUT2D eigenvalue weighted by Crippen LogP contribution is 2.38. The number of aryl methyl sites for hydroxylation is 1. The molecule has 0 bridgehead atoms. The Morgan fingerprint density at radius 1 is 1.23 bits per heavy atom. The van der Waals surface area contributed by atoms with Crippen molar-refractivity contribution < 1.29 is 4.79 Å². The molecule has 1 fully saturated rings. The second-order valence-electron chi connectivity index (χ2n) is 5.89. The summed E-state index contributed by atoms with van der Waals surface area (Å²) < 4.78 is 1.63. The summed E-state index contributed by atoms with van der Waals surface area (Å²) in [5.74, 6) is 0.137. The summed E-state index contributed by atoms with van der Waals surface area (Å²) in [5.41, 5.74) is 2.05. The number of likely N-dealkylation sites (N-methyl/N-ethyl adjacent to an activating group) is 1. The molecule has 3 heterocycles. The van der Waals surface area contributed by atoms with Crippen LogP contribution in [-0.4, -0.2) is 69.1 Å². The summed E-state index contributed by atoms with van der Waals surface area (Å²) in [7, 11) is 2.09. The Morgan fingerprint density at radius 3 is 2.77 bits per heavy atom. The Morgan fingerprint density at radius 2 is 2.05 bits per heavy atom. The van der Waals surface area contributed by atoms with Crippen LogP contribution in [0.3, 0.4) is 0 Å². The van der Waals surface area contributed by atoms with Crippen LogP contribution >= 0.6 is 11.3 Å². The van der Waals surface area contributed by atoms with Gasteiger partial charge in [-0.1, -0.05) is 0 Å². The minimum atomic E-state index is 0.137. The van der Waals surface area contributed by atoms with Crippen LogP contribution in [-0.2, 0) is 12.8 Å². The fraction of sp³-hybridized carbons (Fsp3) is 0.571. The first-order valence-electron chi connectivity index (χ1n) is 7.60. The topological polar surface area (TPSA) is 67.2 Å². The van der Waals surface area contributed by atoms with Gasteiger partial charge in [-0.2, -0.15) is 4.68 Å². The Labute approximate surface area is 132 Å². The Balaban J connectivity index is 1.72. The molecule has 1 amide bonds. The van der Waals surface area contributed by atoms with Crippen molar-refractivity contribution in [1.29, 1.82) is 0 Å². The van der Waals surface area contributed by atoms with Crippen molar-refractivity contribution in [2.75, 3.05) is 33.2 Å². The summed E-state index contributed by atoms with van der Waals surface area (Å²) in [4.78, 5) is 18.6. The first-order valence-corrected chi connectivity index (χ1v) is 8.41. The van der Waals surface area contributed by atoms with Crippen molar-refractivity contribution in [3.63, 3.8) is 0 Å². The van der Waals surface area contributed by atoms with Crippen molar-refractivity contribution >= 4 is 17.2 Å². The minimum Gasteiger partial charge on any atom is -0.336 e. The molecule has 0 atom stereocenters. The minimum absolute atomic E-state index is 0.137. The fourth-order valence-corrected chi connectivity index (χ4v) is 4.49. The van der Waals surface area contributed by atoms with Crippen LogP contribution in [0.2, 0.25) is 0 Å². The second-order valence-corrected chi connectivity index (χ2v) is 6.97. The van der Waals surface area contributed by atoms with Crippen molar-refractivity contribution in [2.45, 2.75) is 19.3 Å². The lowest BCUT2D eigenvalue weighted by molar-refractivity contribution is 0.0663. The van der Waals surface area contributed by atoms with E-state index < -0.39 is 0 Å². The average Bonchev–Trinajstić information content (AvgIpc) is 3.23. The average molecular weight is 318 g/mol. The SMILES string of the molecule is CN1CCN(C(=O)c2c(-n3cnnn3)sc3c2CCC3)CC1. The summed E-state index contributed by atoms with van der Waals surface area (Å²) in [6.45, 7) is 3.43. The fourth-order valence-electron chi connectivity index (χ4n) is 3.19. The zero-order valence-electron chi connectivity index (χ0n) is 12.5. The van der Waals surface area contributed by atoms with Gasteiger partial charge in [0.15, 0.2) is 0 Å². The van der Waals surface area contributed by atoms with E-state index in [-0.39, 0.29) is 5.91 Å². The van der Waals surface area contributed by atoms with Crippen molar-refractivity contribution in [3.05, 3.63) is 22.3 Å². The molecule has 22 heavy (non-hydrogen) atoms. The third-order valence-corrected chi connectivity index (χ3v) is 5.75. The molecule has 7 nitrogen and oxygen atoms in total. The Kier molecular flexibility index (Phi) is 3.42. The molecule has 2 aromatic heterocycles. The number of tetrazole rings is 1. The largest absolute Gasteiger partial charge is 0.336 e. The van der Waals surface area contributed by atoms with Gasteiger partial charge in [0.25, 0.3) is 5.91 Å². The summed E-state index contributed by atoms with van der Waals surface area (Å²) in [6, 6.07) is 0. The van der Waals surface area contributed by atoms with Gasteiger partial charge in [0.1, 0.15) is 11.3 Å². The van der Waals surface area contributed by atoms with Gasteiger partial charge in [0.05, 0.1) is 5.56 Å². The van der Waals surface area contributed by atoms with Gasteiger partial charge in [0.2, 0.25) is 0 Å². The third kappa shape index (κ3) is 2.22. The summed E-state index contributed by atoms with van der Waals surface area (Å²) >= 11 is 1.66. The van der Waals surface area contributed by atoms with Gasteiger partial charge in [-0.3, -0.25) is 4.79 Å².